The van der Waals surface area contributed by atoms with Gasteiger partial charge in [-0.15, -0.1) is 0 Å². The molecule has 1 aromatic carbocycles. The standard InChI is InChI=1S/C13H15NO7/c1-2-3-6-20-12(15)8-21-11-5-4-9(14(18)19)7-10(11)13(16)17/h4-5,7H,2-3,6,8H2,1H3,(H,16,17). The summed E-state index contributed by atoms with van der Waals surface area (Å²) in [5.74, 6) is -2.13. The Hall–Kier alpha value is -2.64. The molecule has 0 aliphatic rings. The third-order valence-electron chi connectivity index (χ3n) is 2.51. The highest BCUT2D eigenvalue weighted by Crippen LogP contribution is 2.24. The van der Waals surface area contributed by atoms with Gasteiger partial charge in [-0.25, -0.2) is 9.59 Å². The number of nitro benzene ring substituents is 1. The van der Waals surface area contributed by atoms with E-state index in [1.54, 1.807) is 0 Å². The second-order valence-corrected chi connectivity index (χ2v) is 4.11. The fraction of sp³-hybridized carbons (Fsp3) is 0.385. The second-order valence-electron chi connectivity index (χ2n) is 4.11. The highest BCUT2D eigenvalue weighted by molar-refractivity contribution is 5.91. The maximum Gasteiger partial charge on any atom is 0.344 e. The topological polar surface area (TPSA) is 116 Å². The number of unbranched alkanes of at least 4 members (excludes halogenated alkanes) is 1. The molecular formula is C13H15NO7. The molecule has 0 radical (unpaired) electrons. The average Bonchev–Trinajstić information content (AvgIpc) is 2.45. The minimum absolute atomic E-state index is 0.124. The number of esters is 1. The molecule has 0 saturated carbocycles. The first kappa shape index (κ1) is 16.4. The number of hydrogen-bond acceptors (Lipinski definition) is 6. The van der Waals surface area contributed by atoms with Gasteiger partial charge >= 0.3 is 11.9 Å². The normalized spacial score (nSPS) is 9.95. The molecule has 0 saturated heterocycles. The summed E-state index contributed by atoms with van der Waals surface area (Å²) in [7, 11) is 0. The summed E-state index contributed by atoms with van der Waals surface area (Å²) < 4.78 is 9.89. The molecule has 8 nitrogen and oxygen atoms in total. The van der Waals surface area contributed by atoms with E-state index in [1.165, 1.54) is 0 Å². The van der Waals surface area contributed by atoms with E-state index in [1.807, 2.05) is 6.92 Å². The van der Waals surface area contributed by atoms with Gasteiger partial charge in [0.2, 0.25) is 0 Å². The highest BCUT2D eigenvalue weighted by Gasteiger charge is 2.18. The Kier molecular flexibility index (Phi) is 6.12. The molecule has 0 bridgehead atoms. The number of nitro groups is 1. The number of rotatable bonds is 8. The highest BCUT2D eigenvalue weighted by atomic mass is 16.6. The Balaban J connectivity index is 2.72. The zero-order valence-electron chi connectivity index (χ0n) is 11.4. The summed E-state index contributed by atoms with van der Waals surface area (Å²) >= 11 is 0. The minimum atomic E-state index is -1.38. The van der Waals surface area contributed by atoms with E-state index in [4.69, 9.17) is 14.6 Å². The molecule has 114 valence electrons. The van der Waals surface area contributed by atoms with Crippen LogP contribution in [0.25, 0.3) is 0 Å². The molecule has 0 amide bonds. The zero-order valence-corrected chi connectivity index (χ0v) is 11.4. The molecular weight excluding hydrogens is 282 g/mol. The summed E-state index contributed by atoms with van der Waals surface area (Å²) in [5, 5.41) is 19.6. The van der Waals surface area contributed by atoms with Crippen LogP contribution in [0.2, 0.25) is 0 Å². The Morgan fingerprint density at radius 1 is 1.38 bits per heavy atom. The summed E-state index contributed by atoms with van der Waals surface area (Å²) in [5.41, 5.74) is -0.754. The quantitative estimate of drug-likeness (QED) is 0.337. The van der Waals surface area contributed by atoms with Crippen molar-refractivity contribution in [2.75, 3.05) is 13.2 Å². The molecule has 0 aliphatic heterocycles. The van der Waals surface area contributed by atoms with E-state index in [-0.39, 0.29) is 23.6 Å². The van der Waals surface area contributed by atoms with Gasteiger partial charge in [-0.05, 0) is 12.5 Å². The number of carbonyl (C=O) groups excluding carboxylic acids is 1. The van der Waals surface area contributed by atoms with E-state index < -0.39 is 23.5 Å². The van der Waals surface area contributed by atoms with Crippen molar-refractivity contribution < 1.29 is 29.1 Å². The fourth-order valence-corrected chi connectivity index (χ4v) is 1.43. The number of carbonyl (C=O) groups is 2. The van der Waals surface area contributed by atoms with Gasteiger partial charge in [0.25, 0.3) is 5.69 Å². The molecule has 0 aliphatic carbocycles. The molecule has 1 N–H and O–H groups in total. The van der Waals surface area contributed by atoms with Crippen molar-refractivity contribution in [3.8, 4) is 5.75 Å². The molecule has 1 aromatic rings. The van der Waals surface area contributed by atoms with Gasteiger partial charge in [-0.3, -0.25) is 10.1 Å². The van der Waals surface area contributed by atoms with Crippen LogP contribution >= 0.6 is 0 Å². The minimum Gasteiger partial charge on any atom is -0.481 e. The molecule has 21 heavy (non-hydrogen) atoms. The number of aromatic carboxylic acids is 1. The Morgan fingerprint density at radius 2 is 2.10 bits per heavy atom. The van der Waals surface area contributed by atoms with Crippen LogP contribution in [0.1, 0.15) is 30.1 Å². The van der Waals surface area contributed by atoms with Crippen LogP contribution in [0, 0.1) is 10.1 Å². The van der Waals surface area contributed by atoms with Gasteiger partial charge in [0.1, 0.15) is 11.3 Å². The smallest absolute Gasteiger partial charge is 0.344 e. The van der Waals surface area contributed by atoms with Gasteiger partial charge in [-0.1, -0.05) is 13.3 Å². The Morgan fingerprint density at radius 3 is 2.67 bits per heavy atom. The van der Waals surface area contributed by atoms with Gasteiger partial charge in [0, 0.05) is 12.1 Å². The molecule has 0 unspecified atom stereocenters. The third-order valence-corrected chi connectivity index (χ3v) is 2.51. The van der Waals surface area contributed by atoms with Crippen molar-refractivity contribution in [3.05, 3.63) is 33.9 Å². The van der Waals surface area contributed by atoms with E-state index in [0.29, 0.717) is 0 Å². The third kappa shape index (κ3) is 5.09. The predicted octanol–water partition coefficient (Wildman–Crippen LogP) is 2.02. The number of ether oxygens (including phenoxy) is 2. The fourth-order valence-electron chi connectivity index (χ4n) is 1.43. The monoisotopic (exact) mass is 297 g/mol. The molecule has 1 rings (SSSR count). The first-order chi connectivity index (χ1) is 9.95. The Bertz CT molecular complexity index is 541. The van der Waals surface area contributed by atoms with Crippen LogP contribution in [-0.2, 0) is 9.53 Å². The lowest BCUT2D eigenvalue weighted by molar-refractivity contribution is -0.384. The van der Waals surface area contributed by atoms with Crippen LogP contribution < -0.4 is 4.74 Å². The van der Waals surface area contributed by atoms with Crippen molar-refractivity contribution in [1.82, 2.24) is 0 Å². The number of benzene rings is 1. The molecule has 0 fully saturated rings. The van der Waals surface area contributed by atoms with Gasteiger partial charge < -0.3 is 14.6 Å². The van der Waals surface area contributed by atoms with Crippen LogP contribution in [0.5, 0.6) is 5.75 Å². The van der Waals surface area contributed by atoms with E-state index in [0.717, 1.165) is 31.0 Å². The summed E-state index contributed by atoms with van der Waals surface area (Å²) in [4.78, 5) is 32.3. The maximum absolute atomic E-state index is 11.3. The number of carboxylic acid groups (broad SMARTS) is 1. The molecule has 8 heteroatoms. The summed E-state index contributed by atoms with van der Waals surface area (Å²) in [6.07, 6.45) is 1.60. The zero-order chi connectivity index (χ0) is 15.8. The Labute approximate surface area is 120 Å². The molecule has 0 spiro atoms. The largest absolute Gasteiger partial charge is 0.481 e. The summed E-state index contributed by atoms with van der Waals surface area (Å²) in [6.45, 7) is 1.76. The number of non-ortho nitro benzene ring substituents is 1. The molecule has 0 atom stereocenters. The molecule has 0 heterocycles. The first-order valence-corrected chi connectivity index (χ1v) is 6.25. The summed E-state index contributed by atoms with van der Waals surface area (Å²) in [6, 6.07) is 3.12. The van der Waals surface area contributed by atoms with E-state index in [2.05, 4.69) is 0 Å². The second kappa shape index (κ2) is 7.83. The van der Waals surface area contributed by atoms with E-state index in [9.17, 15) is 19.7 Å². The number of hydrogen-bond donors (Lipinski definition) is 1. The predicted molar refractivity (Wildman–Crippen MR) is 71.4 cm³/mol. The lowest BCUT2D eigenvalue weighted by Gasteiger charge is -2.09. The van der Waals surface area contributed by atoms with Crippen LogP contribution in [0.4, 0.5) is 5.69 Å². The van der Waals surface area contributed by atoms with Crippen LogP contribution in [0.15, 0.2) is 18.2 Å². The van der Waals surface area contributed by atoms with Crippen molar-refractivity contribution in [3.63, 3.8) is 0 Å². The van der Waals surface area contributed by atoms with Crippen molar-refractivity contribution in [2.45, 2.75) is 19.8 Å². The SMILES string of the molecule is CCCCOC(=O)COc1ccc([N+](=O)[O-])cc1C(=O)O. The lowest BCUT2D eigenvalue weighted by Crippen LogP contribution is -2.16. The van der Waals surface area contributed by atoms with Crippen molar-refractivity contribution in [2.24, 2.45) is 0 Å². The van der Waals surface area contributed by atoms with Gasteiger partial charge in [-0.2, -0.15) is 0 Å². The average molecular weight is 297 g/mol. The maximum atomic E-state index is 11.3. The number of nitrogens with zero attached hydrogens (tertiary/aromatic N) is 1. The van der Waals surface area contributed by atoms with Crippen molar-refractivity contribution in [1.29, 1.82) is 0 Å². The lowest BCUT2D eigenvalue weighted by atomic mass is 10.2. The van der Waals surface area contributed by atoms with Crippen molar-refractivity contribution >= 4 is 17.6 Å². The van der Waals surface area contributed by atoms with Gasteiger partial charge in [0.15, 0.2) is 6.61 Å². The van der Waals surface area contributed by atoms with Crippen LogP contribution in [0.3, 0.4) is 0 Å². The first-order valence-electron chi connectivity index (χ1n) is 6.25. The van der Waals surface area contributed by atoms with Gasteiger partial charge in [0.05, 0.1) is 11.5 Å². The molecule has 0 aromatic heterocycles. The van der Waals surface area contributed by atoms with Crippen LogP contribution in [-0.4, -0.2) is 35.2 Å². The number of carboxylic acids is 1. The van der Waals surface area contributed by atoms with E-state index >= 15 is 0 Å².